The summed E-state index contributed by atoms with van der Waals surface area (Å²) in [6, 6.07) is 29.2. The first-order valence-electron chi connectivity index (χ1n) is 28.0. The summed E-state index contributed by atoms with van der Waals surface area (Å²) in [4.78, 5) is 36.4. The molecule has 0 aliphatic heterocycles. The summed E-state index contributed by atoms with van der Waals surface area (Å²) >= 11 is 0. The minimum Gasteiger partial charge on any atom is -0.494 e. The second kappa shape index (κ2) is 39.3. The fourth-order valence-corrected chi connectivity index (χ4v) is 8.06. The Balaban J connectivity index is 0.932. The van der Waals surface area contributed by atoms with Gasteiger partial charge in [-0.3, -0.25) is 0 Å². The van der Waals surface area contributed by atoms with Gasteiger partial charge in [-0.1, -0.05) is 148 Å². The summed E-state index contributed by atoms with van der Waals surface area (Å²) in [5.74, 6) is 0.697. The zero-order chi connectivity index (χ0) is 52.5. The summed E-state index contributed by atoms with van der Waals surface area (Å²) in [5, 5.41) is 17.3. The minimum absolute atomic E-state index is 0.297. The van der Waals surface area contributed by atoms with Crippen molar-refractivity contribution in [2.24, 2.45) is 20.5 Å². The number of ether oxygens (including phenoxy) is 5. The molecule has 0 heterocycles. The third kappa shape index (κ3) is 28.3. The zero-order valence-electron chi connectivity index (χ0n) is 44.9. The Morgan fingerprint density at radius 2 is 0.608 bits per heavy atom. The Labute approximate surface area is 443 Å². The van der Waals surface area contributed by atoms with E-state index >= 15 is 0 Å². The number of azo groups is 2. The second-order valence-corrected chi connectivity index (χ2v) is 19.2. The van der Waals surface area contributed by atoms with Gasteiger partial charge in [0.1, 0.15) is 11.5 Å². The van der Waals surface area contributed by atoms with Crippen molar-refractivity contribution in [1.82, 2.24) is 0 Å². The molecule has 12 nitrogen and oxygen atoms in total. The van der Waals surface area contributed by atoms with Crippen LogP contribution in [0.25, 0.3) is 0 Å². The van der Waals surface area contributed by atoms with Gasteiger partial charge < -0.3 is 23.7 Å². The largest absolute Gasteiger partial charge is 0.494 e. The maximum Gasteiger partial charge on any atom is 0.338 e. The summed E-state index contributed by atoms with van der Waals surface area (Å²) in [6.07, 6.45) is 30.0. The van der Waals surface area contributed by atoms with Crippen molar-refractivity contribution >= 4 is 40.7 Å². The quantitative estimate of drug-likeness (QED) is 0.0140. The van der Waals surface area contributed by atoms with E-state index in [1.807, 2.05) is 48.5 Å². The second-order valence-electron chi connectivity index (χ2n) is 19.2. The van der Waals surface area contributed by atoms with Gasteiger partial charge in [0.05, 0.1) is 66.9 Å². The highest BCUT2D eigenvalue weighted by Gasteiger charge is 2.09. The first-order valence-corrected chi connectivity index (χ1v) is 28.0. The van der Waals surface area contributed by atoms with E-state index in [2.05, 4.69) is 34.0 Å². The molecule has 74 heavy (non-hydrogen) atoms. The monoisotopic (exact) mass is 1010 g/mol. The standard InChI is InChI=1S/C62H86N4O8/c1-4-5-6-7-8-9-10-17-23-28-49-73-61(68)52-30-34-54(35-31-52)63-65-57-40-44-59(45-41-57)71-47-26-21-16-12-14-19-24-29-50-74-62(69)53-32-36-55(37-33-53)64-66-56-38-42-58(43-39-56)70-46-25-20-15-11-13-18-22-27-48-72-60(67)51(2)3/h30-45H,2,4-29,46-50H2,1,3H3. The number of nitrogens with zero attached hydrogens (tertiary/aromatic N) is 4. The highest BCUT2D eigenvalue weighted by atomic mass is 16.5. The van der Waals surface area contributed by atoms with Crippen molar-refractivity contribution < 1.29 is 38.1 Å². The normalized spacial score (nSPS) is 11.3. The molecule has 0 aromatic heterocycles. The van der Waals surface area contributed by atoms with Crippen LogP contribution in [0.15, 0.2) is 130 Å². The molecule has 402 valence electrons. The van der Waals surface area contributed by atoms with E-state index in [4.69, 9.17) is 23.7 Å². The molecule has 0 radical (unpaired) electrons. The highest BCUT2D eigenvalue weighted by Crippen LogP contribution is 2.25. The molecule has 0 N–H and O–H groups in total. The van der Waals surface area contributed by atoms with Crippen molar-refractivity contribution in [3.8, 4) is 11.5 Å². The molecule has 0 amide bonds. The molecule has 4 aromatic rings. The van der Waals surface area contributed by atoms with Crippen molar-refractivity contribution in [2.45, 2.75) is 181 Å². The fourth-order valence-electron chi connectivity index (χ4n) is 8.06. The molecule has 4 rings (SSSR count). The van der Waals surface area contributed by atoms with E-state index in [1.54, 1.807) is 55.5 Å². The number of benzene rings is 4. The van der Waals surface area contributed by atoms with Gasteiger partial charge in [-0.15, -0.1) is 0 Å². The Morgan fingerprint density at radius 3 is 0.905 bits per heavy atom. The number of carbonyl (C=O) groups is 3. The van der Waals surface area contributed by atoms with Crippen LogP contribution < -0.4 is 9.47 Å². The molecule has 12 heteroatoms. The first kappa shape index (κ1) is 60.4. The van der Waals surface area contributed by atoms with E-state index < -0.39 is 0 Å². The lowest BCUT2D eigenvalue weighted by Gasteiger charge is -2.07. The molecular formula is C62H86N4O8. The number of rotatable bonds is 42. The lowest BCUT2D eigenvalue weighted by Crippen LogP contribution is -2.06. The third-order valence-corrected chi connectivity index (χ3v) is 12.6. The molecule has 0 aliphatic rings. The molecule has 0 spiro atoms. The van der Waals surface area contributed by atoms with Gasteiger partial charge in [-0.05, 0) is 136 Å². The van der Waals surface area contributed by atoms with E-state index in [0.29, 0.717) is 61.1 Å². The van der Waals surface area contributed by atoms with Crippen molar-refractivity contribution in [3.63, 3.8) is 0 Å². The molecule has 0 atom stereocenters. The van der Waals surface area contributed by atoms with Crippen LogP contribution >= 0.6 is 0 Å². The van der Waals surface area contributed by atoms with Crippen molar-refractivity contribution in [2.75, 3.05) is 33.0 Å². The maximum atomic E-state index is 12.6. The Hall–Kier alpha value is -6.17. The van der Waals surface area contributed by atoms with Crippen LogP contribution in [0.1, 0.15) is 202 Å². The number of hydrogen-bond acceptors (Lipinski definition) is 12. The minimum atomic E-state index is -0.326. The van der Waals surface area contributed by atoms with Gasteiger partial charge in [0.15, 0.2) is 0 Å². The van der Waals surface area contributed by atoms with Crippen LogP contribution in [-0.4, -0.2) is 50.9 Å². The van der Waals surface area contributed by atoms with Crippen LogP contribution in [0, 0.1) is 0 Å². The SMILES string of the molecule is C=C(C)C(=O)OCCCCCCCCCCOc1ccc(N=Nc2ccc(C(=O)OCCCCCCCCCCOc3ccc(N=Nc4ccc(C(=O)OCCCCCCCCCCCC)cc4)cc3)cc2)cc1. The number of carbonyl (C=O) groups excluding carboxylic acids is 3. The lowest BCUT2D eigenvalue weighted by molar-refractivity contribution is -0.139. The molecule has 0 fully saturated rings. The summed E-state index contributed by atoms with van der Waals surface area (Å²) in [6.45, 7) is 10.2. The highest BCUT2D eigenvalue weighted by molar-refractivity contribution is 5.90. The van der Waals surface area contributed by atoms with Gasteiger partial charge in [0.25, 0.3) is 0 Å². The molecule has 4 aromatic carbocycles. The van der Waals surface area contributed by atoms with E-state index in [1.165, 1.54) is 89.9 Å². The summed E-state index contributed by atoms with van der Waals surface area (Å²) < 4.78 is 28.0. The Bertz CT molecular complexity index is 2190. The number of hydrogen-bond donors (Lipinski definition) is 0. The molecule has 0 saturated heterocycles. The Kier molecular flexibility index (Phi) is 32.1. The third-order valence-electron chi connectivity index (χ3n) is 12.6. The summed E-state index contributed by atoms with van der Waals surface area (Å²) in [5.41, 5.74) is 4.23. The van der Waals surface area contributed by atoms with E-state index in [-0.39, 0.29) is 17.9 Å². The molecule has 0 aliphatic carbocycles. The van der Waals surface area contributed by atoms with Gasteiger partial charge in [0, 0.05) is 5.57 Å². The number of unbranched alkanes of at least 4 members (excludes halogenated alkanes) is 23. The van der Waals surface area contributed by atoms with Crippen LogP contribution in [0.3, 0.4) is 0 Å². The Morgan fingerprint density at radius 1 is 0.351 bits per heavy atom. The maximum absolute atomic E-state index is 12.6. The molecular weight excluding hydrogens is 929 g/mol. The van der Waals surface area contributed by atoms with Crippen LogP contribution in [0.2, 0.25) is 0 Å². The van der Waals surface area contributed by atoms with Gasteiger partial charge in [0.2, 0.25) is 0 Å². The first-order chi connectivity index (χ1) is 36.3. The van der Waals surface area contributed by atoms with Crippen LogP contribution in [0.4, 0.5) is 22.7 Å². The van der Waals surface area contributed by atoms with Crippen LogP contribution in [0.5, 0.6) is 11.5 Å². The van der Waals surface area contributed by atoms with Crippen LogP contribution in [-0.2, 0) is 19.0 Å². The molecule has 0 unspecified atom stereocenters. The van der Waals surface area contributed by atoms with Gasteiger partial charge in [-0.25, -0.2) is 14.4 Å². The topological polar surface area (TPSA) is 147 Å². The van der Waals surface area contributed by atoms with Gasteiger partial charge in [-0.2, -0.15) is 20.5 Å². The van der Waals surface area contributed by atoms with Crippen molar-refractivity contribution in [1.29, 1.82) is 0 Å². The predicted octanol–water partition coefficient (Wildman–Crippen LogP) is 18.6. The van der Waals surface area contributed by atoms with E-state index in [0.717, 1.165) is 99.9 Å². The average Bonchev–Trinajstić information content (AvgIpc) is 3.42. The number of esters is 3. The fraction of sp³-hybridized carbons (Fsp3) is 0.532. The molecule has 0 bridgehead atoms. The summed E-state index contributed by atoms with van der Waals surface area (Å²) in [7, 11) is 0. The van der Waals surface area contributed by atoms with Crippen molar-refractivity contribution in [3.05, 3.63) is 120 Å². The van der Waals surface area contributed by atoms with E-state index in [9.17, 15) is 14.4 Å². The average molecular weight is 1020 g/mol. The molecule has 0 saturated carbocycles. The van der Waals surface area contributed by atoms with Gasteiger partial charge >= 0.3 is 17.9 Å². The lowest BCUT2D eigenvalue weighted by atomic mass is 10.1. The smallest absolute Gasteiger partial charge is 0.338 e. The predicted molar refractivity (Wildman–Crippen MR) is 297 cm³/mol. The zero-order valence-corrected chi connectivity index (χ0v) is 44.9.